The molecule has 0 fully saturated rings. The first-order chi connectivity index (χ1) is 21.6. The minimum absolute atomic E-state index is 0.0756. The van der Waals surface area contributed by atoms with Crippen molar-refractivity contribution in [3.05, 3.63) is 150 Å². The number of para-hydroxylation sites is 1. The van der Waals surface area contributed by atoms with Crippen molar-refractivity contribution in [3.8, 4) is 33.4 Å². The molecule has 3 aliphatic carbocycles. The van der Waals surface area contributed by atoms with E-state index in [0.717, 1.165) is 16.7 Å². The van der Waals surface area contributed by atoms with Crippen molar-refractivity contribution in [1.82, 2.24) is 0 Å². The third-order valence-electron chi connectivity index (χ3n) is 10.7. The number of allylic oxidation sites excluding steroid dienone is 4. The van der Waals surface area contributed by atoms with E-state index in [4.69, 9.17) is 4.42 Å². The van der Waals surface area contributed by atoms with Gasteiger partial charge >= 0.3 is 0 Å². The summed E-state index contributed by atoms with van der Waals surface area (Å²) in [6.45, 7) is 4.81. The van der Waals surface area contributed by atoms with Crippen molar-refractivity contribution >= 4 is 38.3 Å². The van der Waals surface area contributed by atoms with Gasteiger partial charge in [0.1, 0.15) is 11.2 Å². The quantitative estimate of drug-likeness (QED) is 0.204. The Morgan fingerprint density at radius 3 is 2.07 bits per heavy atom. The van der Waals surface area contributed by atoms with Crippen LogP contribution in [0.5, 0.6) is 0 Å². The monoisotopic (exact) mass is 562 g/mol. The summed E-state index contributed by atoms with van der Waals surface area (Å²) < 4.78 is 6.78. The van der Waals surface area contributed by atoms with Gasteiger partial charge < -0.3 is 4.42 Å². The molecule has 0 aliphatic heterocycles. The van der Waals surface area contributed by atoms with Crippen molar-refractivity contribution in [3.63, 3.8) is 0 Å². The van der Waals surface area contributed by atoms with Gasteiger partial charge in [0.2, 0.25) is 0 Å². The Kier molecular flexibility index (Phi) is 4.69. The molecule has 0 saturated heterocycles. The molecule has 6 aromatic carbocycles. The number of furan rings is 1. The minimum Gasteiger partial charge on any atom is -0.455 e. The molecule has 0 spiro atoms. The number of hydrogen-bond acceptors (Lipinski definition) is 1. The molecule has 0 bridgehead atoms. The van der Waals surface area contributed by atoms with Crippen molar-refractivity contribution < 1.29 is 4.42 Å². The smallest absolute Gasteiger partial charge is 0.143 e. The first-order valence-corrected chi connectivity index (χ1v) is 15.7. The summed E-state index contributed by atoms with van der Waals surface area (Å²) in [6, 6.07) is 42.3. The van der Waals surface area contributed by atoms with Gasteiger partial charge in [-0.15, -0.1) is 0 Å². The number of rotatable bonds is 2. The van der Waals surface area contributed by atoms with E-state index in [2.05, 4.69) is 147 Å². The van der Waals surface area contributed by atoms with Crippen molar-refractivity contribution in [2.75, 3.05) is 0 Å². The zero-order chi connectivity index (χ0) is 29.2. The summed E-state index contributed by atoms with van der Waals surface area (Å²) >= 11 is 0. The fourth-order valence-corrected chi connectivity index (χ4v) is 8.71. The van der Waals surface area contributed by atoms with Crippen molar-refractivity contribution in [1.29, 1.82) is 0 Å². The Labute approximate surface area is 256 Å². The molecule has 7 aromatic rings. The van der Waals surface area contributed by atoms with Gasteiger partial charge in [-0.1, -0.05) is 141 Å². The van der Waals surface area contributed by atoms with E-state index >= 15 is 0 Å². The molecule has 0 amide bonds. The summed E-state index contributed by atoms with van der Waals surface area (Å²) in [4.78, 5) is 0. The van der Waals surface area contributed by atoms with Crippen LogP contribution in [0.3, 0.4) is 0 Å². The Hall–Kier alpha value is -5.14. The van der Waals surface area contributed by atoms with Crippen LogP contribution < -0.4 is 0 Å². The topological polar surface area (TPSA) is 13.1 Å². The molecule has 10 rings (SSSR count). The highest BCUT2D eigenvalue weighted by Crippen LogP contribution is 2.55. The van der Waals surface area contributed by atoms with Crippen LogP contribution >= 0.6 is 0 Å². The summed E-state index contributed by atoms with van der Waals surface area (Å²) in [6.07, 6.45) is 7.31. The third-order valence-corrected chi connectivity index (χ3v) is 10.7. The van der Waals surface area contributed by atoms with Crippen LogP contribution in [-0.4, -0.2) is 0 Å². The van der Waals surface area contributed by atoms with Crippen molar-refractivity contribution in [2.45, 2.75) is 25.2 Å². The summed E-state index contributed by atoms with van der Waals surface area (Å²) in [7, 11) is 0. The molecular weight excluding hydrogens is 532 g/mol. The SMILES string of the molecule is CC1(C)c2ccccc2C2C=CC(c3cccc4oc5c(-c6ccc7c8c(cccc68)-c6ccccc6-7)cccc5c34)=CC21. The van der Waals surface area contributed by atoms with Gasteiger partial charge in [0.05, 0.1) is 0 Å². The Morgan fingerprint density at radius 2 is 1.20 bits per heavy atom. The lowest BCUT2D eigenvalue weighted by molar-refractivity contribution is 0.395. The van der Waals surface area contributed by atoms with Gasteiger partial charge in [0, 0.05) is 22.3 Å². The van der Waals surface area contributed by atoms with E-state index < -0.39 is 0 Å². The summed E-state index contributed by atoms with van der Waals surface area (Å²) in [5.74, 6) is 0.841. The molecular formula is C43H30O. The zero-order valence-corrected chi connectivity index (χ0v) is 24.8. The number of fused-ring (bicyclic) bond motifs is 9. The lowest BCUT2D eigenvalue weighted by atomic mass is 9.72. The second kappa shape index (κ2) is 8.49. The molecule has 1 heteroatoms. The molecule has 0 saturated carbocycles. The second-order valence-electron chi connectivity index (χ2n) is 13.2. The maximum absolute atomic E-state index is 6.78. The molecule has 3 aliphatic rings. The van der Waals surface area contributed by atoms with Gasteiger partial charge in [0.25, 0.3) is 0 Å². The van der Waals surface area contributed by atoms with Gasteiger partial charge in [-0.25, -0.2) is 0 Å². The van der Waals surface area contributed by atoms with Gasteiger partial charge in [-0.3, -0.25) is 0 Å². The zero-order valence-electron chi connectivity index (χ0n) is 24.8. The second-order valence-corrected chi connectivity index (χ2v) is 13.2. The van der Waals surface area contributed by atoms with Crippen LogP contribution in [0.25, 0.3) is 71.7 Å². The lowest BCUT2D eigenvalue weighted by Gasteiger charge is -2.31. The van der Waals surface area contributed by atoms with E-state index in [1.165, 1.54) is 71.6 Å². The van der Waals surface area contributed by atoms with Crippen molar-refractivity contribution in [2.24, 2.45) is 5.92 Å². The predicted octanol–water partition coefficient (Wildman–Crippen LogP) is 11.7. The molecule has 208 valence electrons. The van der Waals surface area contributed by atoms with E-state index in [0.29, 0.717) is 11.8 Å². The first kappa shape index (κ1) is 24.3. The van der Waals surface area contributed by atoms with Gasteiger partial charge in [-0.2, -0.15) is 0 Å². The van der Waals surface area contributed by atoms with E-state index in [1.54, 1.807) is 0 Å². The summed E-state index contributed by atoms with van der Waals surface area (Å²) in [5.41, 5.74) is 15.1. The average Bonchev–Trinajstić information content (AvgIpc) is 3.69. The van der Waals surface area contributed by atoms with Crippen LogP contribution in [0, 0.1) is 5.92 Å². The molecule has 2 atom stereocenters. The third kappa shape index (κ3) is 3.04. The fraction of sp³-hybridized carbons (Fsp3) is 0.116. The molecule has 2 unspecified atom stereocenters. The van der Waals surface area contributed by atoms with Gasteiger partial charge in [0.15, 0.2) is 0 Å². The molecule has 1 heterocycles. The average molecular weight is 563 g/mol. The number of hydrogen-bond donors (Lipinski definition) is 0. The Bertz CT molecular complexity index is 2400. The van der Waals surface area contributed by atoms with Crippen LogP contribution in [0.2, 0.25) is 0 Å². The Morgan fingerprint density at radius 1 is 0.545 bits per heavy atom. The largest absolute Gasteiger partial charge is 0.455 e. The van der Waals surface area contributed by atoms with E-state index in [-0.39, 0.29) is 5.41 Å². The van der Waals surface area contributed by atoms with Crippen LogP contribution in [0.4, 0.5) is 0 Å². The molecule has 44 heavy (non-hydrogen) atoms. The first-order valence-electron chi connectivity index (χ1n) is 15.7. The Balaban J connectivity index is 1.16. The standard InChI is InChI=1S/C43H30O/c1-43(2)37-18-6-5-12-30(37)31-21-20-25(24-38(31)43)26-13-9-19-39-41(26)36-17-8-16-35(42(36)44-39)29-22-23-34-28-11-4-3-10-27(28)32-14-7-15-33(29)40(32)34/h3-24,31,38H,1-2H3. The van der Waals surface area contributed by atoms with E-state index in [1.807, 2.05) is 0 Å². The van der Waals surface area contributed by atoms with Gasteiger partial charge in [-0.05, 0) is 78.3 Å². The predicted molar refractivity (Wildman–Crippen MR) is 184 cm³/mol. The maximum atomic E-state index is 6.78. The summed E-state index contributed by atoms with van der Waals surface area (Å²) in [5, 5.41) is 4.99. The van der Waals surface area contributed by atoms with Crippen LogP contribution in [-0.2, 0) is 5.41 Å². The van der Waals surface area contributed by atoms with Crippen LogP contribution in [0.15, 0.2) is 138 Å². The molecule has 1 nitrogen and oxygen atoms in total. The highest BCUT2D eigenvalue weighted by atomic mass is 16.3. The van der Waals surface area contributed by atoms with Crippen LogP contribution in [0.1, 0.15) is 36.5 Å². The highest BCUT2D eigenvalue weighted by molar-refractivity contribution is 6.21. The molecule has 0 N–H and O–H groups in total. The van der Waals surface area contributed by atoms with E-state index in [9.17, 15) is 0 Å². The maximum Gasteiger partial charge on any atom is 0.143 e. The molecule has 0 radical (unpaired) electrons. The fourth-order valence-electron chi connectivity index (χ4n) is 8.71. The highest BCUT2D eigenvalue weighted by Gasteiger charge is 2.45. The normalized spacial score (nSPS) is 18.9. The lowest BCUT2D eigenvalue weighted by Crippen LogP contribution is -2.25. The molecule has 1 aromatic heterocycles. The minimum atomic E-state index is 0.0756. The number of benzene rings is 6.